The molecule has 7 heteroatoms. The second-order valence-electron chi connectivity index (χ2n) is 4.70. The van der Waals surface area contributed by atoms with Crippen LogP contribution in [-0.4, -0.2) is 38.2 Å². The third-order valence-electron chi connectivity index (χ3n) is 2.96. The van der Waals surface area contributed by atoms with Gasteiger partial charge in [0.15, 0.2) is 0 Å². The maximum atomic E-state index is 5.14. The lowest BCUT2D eigenvalue weighted by atomic mass is 10.3. The van der Waals surface area contributed by atoms with Crippen LogP contribution in [0.4, 0.5) is 5.95 Å². The van der Waals surface area contributed by atoms with E-state index in [0.717, 1.165) is 31.8 Å². The first-order valence-electron chi connectivity index (χ1n) is 7.29. The summed E-state index contributed by atoms with van der Waals surface area (Å²) in [5.74, 6) is 2.16. The molecule has 0 spiro atoms. The van der Waals surface area contributed by atoms with E-state index >= 15 is 0 Å². The fourth-order valence-corrected chi connectivity index (χ4v) is 1.98. The van der Waals surface area contributed by atoms with Crippen LogP contribution in [0.2, 0.25) is 0 Å². The van der Waals surface area contributed by atoms with Gasteiger partial charge in [0.1, 0.15) is 11.6 Å². The summed E-state index contributed by atoms with van der Waals surface area (Å²) in [5, 5.41) is 3.16. The highest BCUT2D eigenvalue weighted by Gasteiger charge is 2.10. The van der Waals surface area contributed by atoms with Gasteiger partial charge in [-0.05, 0) is 12.8 Å². The van der Waals surface area contributed by atoms with E-state index in [1.54, 1.807) is 13.3 Å². The highest BCUT2D eigenvalue weighted by molar-refractivity contribution is 5.26. The van der Waals surface area contributed by atoms with Crippen LogP contribution in [0, 0.1) is 0 Å². The summed E-state index contributed by atoms with van der Waals surface area (Å²) in [4.78, 5) is 17.3. The van der Waals surface area contributed by atoms with E-state index in [-0.39, 0.29) is 0 Å². The van der Waals surface area contributed by atoms with E-state index < -0.39 is 0 Å². The first-order valence-corrected chi connectivity index (χ1v) is 7.29. The van der Waals surface area contributed by atoms with Gasteiger partial charge in [0, 0.05) is 25.5 Å². The normalized spacial score (nSPS) is 10.6. The molecule has 0 aliphatic carbocycles. The molecule has 0 amide bonds. The van der Waals surface area contributed by atoms with E-state index in [2.05, 4.69) is 43.7 Å². The maximum Gasteiger partial charge on any atom is 0.321 e. The minimum atomic E-state index is 0.326. The molecule has 2 heterocycles. The molecule has 0 unspecified atom stereocenters. The van der Waals surface area contributed by atoms with Gasteiger partial charge in [-0.1, -0.05) is 13.8 Å². The minimum absolute atomic E-state index is 0.326. The second kappa shape index (κ2) is 7.56. The maximum absolute atomic E-state index is 5.14. The lowest BCUT2D eigenvalue weighted by Crippen LogP contribution is -2.11. The van der Waals surface area contributed by atoms with E-state index in [1.807, 2.05) is 6.20 Å². The molecule has 0 aromatic carbocycles. The predicted octanol–water partition coefficient (Wildman–Crippen LogP) is 1.90. The summed E-state index contributed by atoms with van der Waals surface area (Å²) < 4.78 is 7.26. The van der Waals surface area contributed by atoms with Gasteiger partial charge in [-0.2, -0.15) is 15.0 Å². The molecule has 0 saturated heterocycles. The van der Waals surface area contributed by atoms with E-state index in [1.165, 1.54) is 0 Å². The van der Waals surface area contributed by atoms with Crippen molar-refractivity contribution in [2.75, 3.05) is 19.0 Å². The average Bonchev–Trinajstić information content (AvgIpc) is 2.92. The number of ether oxygens (including phenoxy) is 1. The third kappa shape index (κ3) is 4.14. The molecular weight excluding hydrogens is 268 g/mol. The van der Waals surface area contributed by atoms with Crippen molar-refractivity contribution in [3.8, 4) is 6.01 Å². The van der Waals surface area contributed by atoms with Crippen molar-refractivity contribution in [1.82, 2.24) is 24.5 Å². The zero-order chi connectivity index (χ0) is 15.1. The van der Waals surface area contributed by atoms with Crippen LogP contribution in [0.3, 0.4) is 0 Å². The van der Waals surface area contributed by atoms with Crippen molar-refractivity contribution in [3.05, 3.63) is 24.0 Å². The molecule has 0 atom stereocenters. The minimum Gasteiger partial charge on any atom is -0.467 e. The van der Waals surface area contributed by atoms with E-state index in [0.29, 0.717) is 24.2 Å². The predicted molar refractivity (Wildman–Crippen MR) is 80.5 cm³/mol. The summed E-state index contributed by atoms with van der Waals surface area (Å²) in [6.07, 6.45) is 6.41. The number of methoxy groups -OCH3 is 1. The third-order valence-corrected chi connectivity index (χ3v) is 2.96. The van der Waals surface area contributed by atoms with Crippen molar-refractivity contribution >= 4 is 5.95 Å². The van der Waals surface area contributed by atoms with Gasteiger partial charge < -0.3 is 14.6 Å². The molecule has 0 bridgehead atoms. The molecular formula is C14H22N6O. The van der Waals surface area contributed by atoms with Gasteiger partial charge in [0.05, 0.1) is 13.5 Å². The van der Waals surface area contributed by atoms with Gasteiger partial charge in [0.2, 0.25) is 5.95 Å². The molecule has 0 fully saturated rings. The molecule has 0 aliphatic heterocycles. The Morgan fingerprint density at radius 2 is 2.05 bits per heavy atom. The summed E-state index contributed by atoms with van der Waals surface area (Å²) in [5.41, 5.74) is 0. The van der Waals surface area contributed by atoms with Crippen molar-refractivity contribution in [2.45, 2.75) is 39.7 Å². The largest absolute Gasteiger partial charge is 0.467 e. The van der Waals surface area contributed by atoms with Gasteiger partial charge in [-0.3, -0.25) is 0 Å². The summed E-state index contributed by atoms with van der Waals surface area (Å²) in [7, 11) is 1.56. The van der Waals surface area contributed by atoms with Crippen LogP contribution in [0.5, 0.6) is 6.01 Å². The molecule has 21 heavy (non-hydrogen) atoms. The Hall–Kier alpha value is -2.18. The molecule has 2 aromatic rings. The van der Waals surface area contributed by atoms with Crippen LogP contribution >= 0.6 is 0 Å². The molecule has 2 aromatic heterocycles. The van der Waals surface area contributed by atoms with Crippen LogP contribution in [0.1, 0.15) is 38.3 Å². The highest BCUT2D eigenvalue weighted by Crippen LogP contribution is 2.11. The van der Waals surface area contributed by atoms with Crippen molar-refractivity contribution in [1.29, 1.82) is 0 Å². The monoisotopic (exact) mass is 290 g/mol. The number of aryl methyl sites for hydroxylation is 1. The van der Waals surface area contributed by atoms with Crippen LogP contribution in [0.15, 0.2) is 12.4 Å². The van der Waals surface area contributed by atoms with E-state index in [9.17, 15) is 0 Å². The standard InChI is InChI=1S/C14H22N6O/c1-4-6-16-13-17-11(18-14(19-13)21-3)10-12-15-7-9-20(12)8-5-2/h7,9H,4-6,8,10H2,1-3H3,(H,16,17,18,19). The van der Waals surface area contributed by atoms with E-state index in [4.69, 9.17) is 4.74 Å². The summed E-state index contributed by atoms with van der Waals surface area (Å²) in [6, 6.07) is 0.326. The number of anilines is 1. The van der Waals surface area contributed by atoms with Gasteiger partial charge in [0.25, 0.3) is 0 Å². The number of rotatable bonds is 8. The molecule has 2 rings (SSSR count). The highest BCUT2D eigenvalue weighted by atomic mass is 16.5. The molecule has 0 radical (unpaired) electrons. The average molecular weight is 290 g/mol. The Morgan fingerprint density at radius 3 is 2.76 bits per heavy atom. The summed E-state index contributed by atoms with van der Waals surface area (Å²) >= 11 is 0. The number of aromatic nitrogens is 5. The van der Waals surface area contributed by atoms with Crippen LogP contribution in [-0.2, 0) is 13.0 Å². The van der Waals surface area contributed by atoms with Crippen LogP contribution in [0.25, 0.3) is 0 Å². The number of imidazole rings is 1. The first-order chi connectivity index (χ1) is 10.3. The Bertz CT molecular complexity index is 568. The first kappa shape index (κ1) is 15.2. The second-order valence-corrected chi connectivity index (χ2v) is 4.70. The molecule has 114 valence electrons. The van der Waals surface area contributed by atoms with Gasteiger partial charge >= 0.3 is 6.01 Å². The Balaban J connectivity index is 2.19. The number of hydrogen-bond donors (Lipinski definition) is 1. The lowest BCUT2D eigenvalue weighted by molar-refractivity contribution is 0.376. The fourth-order valence-electron chi connectivity index (χ4n) is 1.98. The Kier molecular flexibility index (Phi) is 5.48. The van der Waals surface area contributed by atoms with Crippen LogP contribution < -0.4 is 10.1 Å². The summed E-state index contributed by atoms with van der Waals surface area (Å²) in [6.45, 7) is 5.99. The number of hydrogen-bond acceptors (Lipinski definition) is 6. The smallest absolute Gasteiger partial charge is 0.321 e. The Labute approximate surface area is 124 Å². The van der Waals surface area contributed by atoms with Crippen molar-refractivity contribution in [3.63, 3.8) is 0 Å². The topological polar surface area (TPSA) is 77.8 Å². The lowest BCUT2D eigenvalue weighted by Gasteiger charge is -2.08. The zero-order valence-corrected chi connectivity index (χ0v) is 12.8. The zero-order valence-electron chi connectivity index (χ0n) is 12.8. The van der Waals surface area contributed by atoms with Crippen molar-refractivity contribution in [2.24, 2.45) is 0 Å². The molecule has 0 aliphatic rings. The molecule has 0 saturated carbocycles. The fraction of sp³-hybridized carbons (Fsp3) is 0.571. The van der Waals surface area contributed by atoms with Crippen molar-refractivity contribution < 1.29 is 4.74 Å². The molecule has 1 N–H and O–H groups in total. The van der Waals surface area contributed by atoms with Gasteiger partial charge in [-0.15, -0.1) is 0 Å². The quantitative estimate of drug-likeness (QED) is 0.800. The van der Waals surface area contributed by atoms with Gasteiger partial charge in [-0.25, -0.2) is 4.98 Å². The number of nitrogens with one attached hydrogen (secondary N) is 1. The SMILES string of the molecule is CCCNc1nc(Cc2nccn2CCC)nc(OC)n1. The Morgan fingerprint density at radius 1 is 1.19 bits per heavy atom. The number of nitrogens with zero attached hydrogens (tertiary/aromatic N) is 5. The molecule has 7 nitrogen and oxygen atoms in total.